The summed E-state index contributed by atoms with van der Waals surface area (Å²) in [4.78, 5) is 35.8. The first-order chi connectivity index (χ1) is 16.8. The predicted molar refractivity (Wildman–Crippen MR) is 119 cm³/mol. The Kier molecular flexibility index (Phi) is 5.92. The van der Waals surface area contributed by atoms with E-state index in [-0.39, 0.29) is 25.6 Å². The monoisotopic (exact) mass is 486 g/mol. The summed E-state index contributed by atoms with van der Waals surface area (Å²) in [5.41, 5.74) is 4.20. The van der Waals surface area contributed by atoms with Crippen molar-refractivity contribution in [2.45, 2.75) is 30.4 Å². The van der Waals surface area contributed by atoms with E-state index in [0.717, 1.165) is 22.3 Å². The van der Waals surface area contributed by atoms with Crippen LogP contribution in [0.2, 0.25) is 0 Å². The van der Waals surface area contributed by atoms with Gasteiger partial charge < -0.3 is 25.2 Å². The summed E-state index contributed by atoms with van der Waals surface area (Å²) < 4.78 is 38.9. The van der Waals surface area contributed by atoms with Crippen LogP contribution in [0.15, 0.2) is 48.5 Å². The fourth-order valence-electron chi connectivity index (χ4n) is 5.10. The molecule has 1 aliphatic heterocycles. The molecular weight excluding hydrogens is 462 g/mol. The average Bonchev–Trinajstić information content (AvgIpc) is 3.13. The summed E-state index contributed by atoms with van der Waals surface area (Å²) in [6.45, 7) is -0.274. The maximum atomic E-state index is 14.3. The van der Waals surface area contributed by atoms with Crippen LogP contribution in [0.1, 0.15) is 23.5 Å². The molecule has 1 saturated carbocycles. The van der Waals surface area contributed by atoms with E-state index in [2.05, 4.69) is 10.6 Å². The van der Waals surface area contributed by atoms with Crippen LogP contribution in [0, 0.1) is 11.8 Å². The van der Waals surface area contributed by atoms with Crippen molar-refractivity contribution in [1.29, 1.82) is 0 Å². The lowest BCUT2D eigenvalue weighted by atomic mass is 9.98. The Bertz CT molecular complexity index is 1130. The number of benzene rings is 2. The van der Waals surface area contributed by atoms with Crippen molar-refractivity contribution in [2.24, 2.45) is 11.8 Å². The van der Waals surface area contributed by atoms with Gasteiger partial charge in [-0.2, -0.15) is 0 Å². The Hall–Kier alpha value is -3.53. The number of hydrogen-bond acceptors (Lipinski definition) is 5. The van der Waals surface area contributed by atoms with E-state index in [4.69, 9.17) is 14.6 Å². The van der Waals surface area contributed by atoms with Crippen LogP contribution in [0.4, 0.5) is 13.6 Å². The summed E-state index contributed by atoms with van der Waals surface area (Å²) in [5, 5.41) is 13.8. The summed E-state index contributed by atoms with van der Waals surface area (Å²) in [6, 6.07) is 14.8. The van der Waals surface area contributed by atoms with Crippen molar-refractivity contribution in [2.75, 3.05) is 19.8 Å². The average molecular weight is 486 g/mol. The molecule has 2 aliphatic carbocycles. The zero-order valence-electron chi connectivity index (χ0n) is 18.6. The number of nitrogens with one attached hydrogen (secondary N) is 2. The molecule has 3 N–H and O–H groups in total. The SMILES string of the molecule is O=C(NCC1C(C(=O)NC2CCOC2C(=O)O)C1(F)F)OCC1c2ccccc2-c2ccccc21. The molecule has 0 spiro atoms. The van der Waals surface area contributed by atoms with Crippen molar-refractivity contribution in [3.05, 3.63) is 59.7 Å². The molecule has 1 heterocycles. The lowest BCUT2D eigenvalue weighted by Crippen LogP contribution is -2.45. The smallest absolute Gasteiger partial charge is 0.407 e. The highest BCUT2D eigenvalue weighted by atomic mass is 19.3. The van der Waals surface area contributed by atoms with Gasteiger partial charge >= 0.3 is 12.1 Å². The second kappa shape index (κ2) is 8.92. The third-order valence-electron chi connectivity index (χ3n) is 6.96. The number of hydrogen-bond donors (Lipinski definition) is 3. The molecule has 4 atom stereocenters. The lowest BCUT2D eigenvalue weighted by molar-refractivity contribution is -0.148. The molecule has 2 amide bonds. The Labute approximate surface area is 199 Å². The van der Waals surface area contributed by atoms with Crippen LogP contribution in [-0.4, -0.2) is 60.9 Å². The molecule has 4 unspecified atom stereocenters. The topological polar surface area (TPSA) is 114 Å². The highest BCUT2D eigenvalue weighted by molar-refractivity contribution is 5.85. The van der Waals surface area contributed by atoms with E-state index >= 15 is 0 Å². The van der Waals surface area contributed by atoms with Crippen molar-refractivity contribution in [3.8, 4) is 11.1 Å². The maximum Gasteiger partial charge on any atom is 0.407 e. The van der Waals surface area contributed by atoms with Crippen LogP contribution in [-0.2, 0) is 19.1 Å². The zero-order valence-corrected chi connectivity index (χ0v) is 18.6. The number of rotatable bonds is 7. The molecule has 0 bridgehead atoms. The molecule has 2 aromatic carbocycles. The molecule has 3 aliphatic rings. The second-order valence-corrected chi connectivity index (χ2v) is 9.00. The molecule has 0 aromatic heterocycles. The second-order valence-electron chi connectivity index (χ2n) is 9.00. The molecule has 2 aromatic rings. The largest absolute Gasteiger partial charge is 0.479 e. The van der Waals surface area contributed by atoms with E-state index in [1.165, 1.54) is 0 Å². The van der Waals surface area contributed by atoms with Gasteiger partial charge in [-0.05, 0) is 28.7 Å². The summed E-state index contributed by atoms with van der Waals surface area (Å²) in [5.74, 6) is -8.72. The third kappa shape index (κ3) is 4.22. The van der Waals surface area contributed by atoms with Crippen molar-refractivity contribution >= 4 is 18.0 Å². The third-order valence-corrected chi connectivity index (χ3v) is 6.96. The molecule has 184 valence electrons. The quantitative estimate of drug-likeness (QED) is 0.555. The van der Waals surface area contributed by atoms with Gasteiger partial charge in [0.2, 0.25) is 5.91 Å². The number of carbonyl (C=O) groups excluding carboxylic acids is 2. The Balaban J connectivity index is 1.14. The number of alkyl carbamates (subject to hydrolysis) is 1. The van der Waals surface area contributed by atoms with Crippen molar-refractivity contribution in [1.82, 2.24) is 10.6 Å². The maximum absolute atomic E-state index is 14.3. The molecular formula is C25H24F2N2O6. The van der Waals surface area contributed by atoms with E-state index in [9.17, 15) is 23.2 Å². The van der Waals surface area contributed by atoms with Crippen LogP contribution in [0.25, 0.3) is 11.1 Å². The zero-order chi connectivity index (χ0) is 24.7. The molecule has 2 fully saturated rings. The van der Waals surface area contributed by atoms with Crippen LogP contribution in [0.5, 0.6) is 0 Å². The molecule has 1 saturated heterocycles. The van der Waals surface area contributed by atoms with Gasteiger partial charge in [0.1, 0.15) is 12.5 Å². The number of fused-ring (bicyclic) bond motifs is 3. The Morgan fingerprint density at radius 2 is 1.69 bits per heavy atom. The number of ether oxygens (including phenoxy) is 2. The van der Waals surface area contributed by atoms with Crippen molar-refractivity contribution in [3.63, 3.8) is 0 Å². The number of halogens is 2. The number of aliphatic carboxylic acids is 1. The highest BCUT2D eigenvalue weighted by Crippen LogP contribution is 2.55. The molecule has 0 radical (unpaired) electrons. The number of carboxylic acid groups (broad SMARTS) is 1. The predicted octanol–water partition coefficient (Wildman–Crippen LogP) is 2.76. The van der Waals surface area contributed by atoms with Gasteiger partial charge in [0.05, 0.1) is 12.0 Å². The number of carboxylic acids is 1. The van der Waals surface area contributed by atoms with Gasteiger partial charge in [0.25, 0.3) is 5.92 Å². The van der Waals surface area contributed by atoms with Crippen LogP contribution >= 0.6 is 0 Å². The van der Waals surface area contributed by atoms with Gasteiger partial charge in [-0.15, -0.1) is 0 Å². The first-order valence-electron chi connectivity index (χ1n) is 11.4. The van der Waals surface area contributed by atoms with E-state index in [1.54, 1.807) is 0 Å². The van der Waals surface area contributed by atoms with Gasteiger partial charge in [-0.25, -0.2) is 18.4 Å². The molecule has 35 heavy (non-hydrogen) atoms. The van der Waals surface area contributed by atoms with Gasteiger partial charge in [0, 0.05) is 19.1 Å². The first kappa shape index (κ1) is 23.2. The fourth-order valence-corrected chi connectivity index (χ4v) is 5.10. The standard InChI is InChI=1S/C25H24F2N2O6/c26-25(27)18(20(25)22(30)29-19-9-10-34-21(19)23(31)32)11-28-24(33)35-12-17-15-7-3-1-5-13(15)14-6-2-4-8-16(14)17/h1-8,17-21H,9-12H2,(H,28,33)(H,29,30)(H,31,32). The summed E-state index contributed by atoms with van der Waals surface area (Å²) >= 11 is 0. The van der Waals surface area contributed by atoms with Crippen molar-refractivity contribution < 1.29 is 37.7 Å². The van der Waals surface area contributed by atoms with Crippen LogP contribution < -0.4 is 10.6 Å². The summed E-state index contributed by atoms with van der Waals surface area (Å²) in [7, 11) is 0. The molecule has 10 heteroatoms. The molecule has 5 rings (SSSR count). The number of alkyl halides is 2. The summed E-state index contributed by atoms with van der Waals surface area (Å²) in [6.07, 6.45) is -1.88. The van der Waals surface area contributed by atoms with E-state index in [0.29, 0.717) is 0 Å². The fraction of sp³-hybridized carbons (Fsp3) is 0.400. The van der Waals surface area contributed by atoms with Gasteiger partial charge in [0.15, 0.2) is 6.10 Å². The lowest BCUT2D eigenvalue weighted by Gasteiger charge is -2.16. The van der Waals surface area contributed by atoms with Crippen LogP contribution in [0.3, 0.4) is 0 Å². The van der Waals surface area contributed by atoms with E-state index < -0.39 is 54.4 Å². The molecule has 8 nitrogen and oxygen atoms in total. The van der Waals surface area contributed by atoms with Gasteiger partial charge in [-0.3, -0.25) is 4.79 Å². The Morgan fingerprint density at radius 3 is 2.31 bits per heavy atom. The van der Waals surface area contributed by atoms with E-state index in [1.807, 2.05) is 48.5 Å². The number of carbonyl (C=O) groups is 3. The minimum absolute atomic E-state index is 0.0447. The normalized spacial score (nSPS) is 25.9. The minimum atomic E-state index is -3.31. The Morgan fingerprint density at radius 1 is 1.06 bits per heavy atom. The van der Waals surface area contributed by atoms with Gasteiger partial charge in [-0.1, -0.05) is 48.5 Å². The first-order valence-corrected chi connectivity index (χ1v) is 11.4. The highest BCUT2D eigenvalue weighted by Gasteiger charge is 2.71. The number of amides is 2. The minimum Gasteiger partial charge on any atom is -0.479 e.